The average Bonchev–Trinajstić information content (AvgIpc) is 2.41. The van der Waals surface area contributed by atoms with Crippen LogP contribution in [-0.2, 0) is 9.53 Å². The van der Waals surface area contributed by atoms with E-state index in [2.05, 4.69) is 11.9 Å². The molecule has 0 amide bonds. The van der Waals surface area contributed by atoms with E-state index < -0.39 is 0 Å². The third kappa shape index (κ3) is 6.33. The highest BCUT2D eigenvalue weighted by molar-refractivity contribution is 6.09. The quantitative estimate of drug-likeness (QED) is 0.593. The maximum atomic E-state index is 11.8. The van der Waals surface area contributed by atoms with Crippen molar-refractivity contribution in [2.24, 2.45) is 4.99 Å². The Morgan fingerprint density at radius 3 is 2.58 bits per heavy atom. The molecule has 0 heterocycles. The molecule has 0 bridgehead atoms. The first-order chi connectivity index (χ1) is 9.29. The Bertz CT molecular complexity index is 286. The minimum Gasteiger partial charge on any atom is -0.365 e. The van der Waals surface area contributed by atoms with Gasteiger partial charge in [0.15, 0.2) is 11.9 Å². The smallest absolute Gasteiger partial charge is 0.167 e. The zero-order chi connectivity index (χ0) is 13.9. The summed E-state index contributed by atoms with van der Waals surface area (Å²) in [5.74, 6) is 0.217. The molecule has 1 aliphatic rings. The molecule has 0 saturated heterocycles. The van der Waals surface area contributed by atoms with Gasteiger partial charge in [-0.1, -0.05) is 39.0 Å². The molecule has 1 atom stereocenters. The van der Waals surface area contributed by atoms with Gasteiger partial charge in [0.05, 0.1) is 0 Å². The van der Waals surface area contributed by atoms with Crippen molar-refractivity contribution in [2.45, 2.75) is 77.7 Å². The third-order valence-corrected chi connectivity index (χ3v) is 3.61. The van der Waals surface area contributed by atoms with E-state index in [9.17, 15) is 4.79 Å². The van der Waals surface area contributed by atoms with Crippen LogP contribution in [0.4, 0.5) is 0 Å². The topological polar surface area (TPSA) is 38.7 Å². The van der Waals surface area contributed by atoms with Crippen molar-refractivity contribution < 1.29 is 9.53 Å². The number of carbonyl (C=O) groups excluding carboxylic acids is 1. The third-order valence-electron chi connectivity index (χ3n) is 3.61. The fourth-order valence-electron chi connectivity index (χ4n) is 2.52. The van der Waals surface area contributed by atoms with Crippen LogP contribution < -0.4 is 0 Å². The number of Topliss-reactive ketones (excluding diaryl/α,β-unsaturated/α-hetero) is 1. The summed E-state index contributed by atoms with van der Waals surface area (Å²) in [6.45, 7) is 5.62. The summed E-state index contributed by atoms with van der Waals surface area (Å²) in [7, 11) is 0. The molecule has 0 aromatic rings. The van der Waals surface area contributed by atoms with Gasteiger partial charge in [0.1, 0.15) is 0 Å². The molecule has 3 nitrogen and oxygen atoms in total. The average molecular weight is 267 g/mol. The van der Waals surface area contributed by atoms with Crippen LogP contribution in [0.2, 0.25) is 0 Å². The van der Waals surface area contributed by atoms with E-state index in [-0.39, 0.29) is 11.9 Å². The molecular formula is C16H29NO2. The van der Waals surface area contributed by atoms with Crippen LogP contribution in [0, 0.1) is 0 Å². The van der Waals surface area contributed by atoms with Crippen molar-refractivity contribution in [1.29, 1.82) is 0 Å². The zero-order valence-corrected chi connectivity index (χ0v) is 12.6. The Balaban J connectivity index is 2.26. The Labute approximate surface area is 117 Å². The van der Waals surface area contributed by atoms with Gasteiger partial charge in [-0.05, 0) is 26.2 Å². The van der Waals surface area contributed by atoms with Crippen LogP contribution in [0.5, 0.6) is 0 Å². The van der Waals surface area contributed by atoms with Gasteiger partial charge in [-0.15, -0.1) is 0 Å². The van der Waals surface area contributed by atoms with E-state index >= 15 is 0 Å². The molecule has 0 N–H and O–H groups in total. The number of unbranched alkanes of at least 4 members (excludes halogenated alkanes) is 5. The largest absolute Gasteiger partial charge is 0.365 e. The Morgan fingerprint density at radius 2 is 1.84 bits per heavy atom. The van der Waals surface area contributed by atoms with Crippen LogP contribution in [0.15, 0.2) is 4.99 Å². The standard InChI is InChI=1S/C16H29NO2/c1-3-5-6-7-8-9-13-17-14-11-10-12-15(18)16(14)19-4-2/h16H,3-13H2,1-2H3. The second-order valence-corrected chi connectivity index (χ2v) is 5.30. The molecule has 0 spiro atoms. The molecule has 110 valence electrons. The number of hydrogen-bond donors (Lipinski definition) is 0. The highest BCUT2D eigenvalue weighted by atomic mass is 16.5. The summed E-state index contributed by atoms with van der Waals surface area (Å²) in [4.78, 5) is 16.4. The van der Waals surface area contributed by atoms with Gasteiger partial charge in [-0.2, -0.15) is 0 Å². The van der Waals surface area contributed by atoms with Crippen LogP contribution in [0.1, 0.15) is 71.6 Å². The molecule has 0 aliphatic heterocycles. The molecule has 0 radical (unpaired) electrons. The van der Waals surface area contributed by atoms with E-state index in [4.69, 9.17) is 4.74 Å². The minimum atomic E-state index is -0.334. The van der Waals surface area contributed by atoms with Crippen LogP contribution in [0.3, 0.4) is 0 Å². The Morgan fingerprint density at radius 1 is 1.11 bits per heavy atom. The van der Waals surface area contributed by atoms with Gasteiger partial charge in [0.2, 0.25) is 0 Å². The van der Waals surface area contributed by atoms with E-state index in [0.717, 1.165) is 31.5 Å². The summed E-state index contributed by atoms with van der Waals surface area (Å²) in [5.41, 5.74) is 0.992. The van der Waals surface area contributed by atoms with Gasteiger partial charge in [-0.3, -0.25) is 9.79 Å². The Hall–Kier alpha value is -0.700. The van der Waals surface area contributed by atoms with Gasteiger partial charge in [-0.25, -0.2) is 0 Å². The van der Waals surface area contributed by atoms with E-state index in [1.807, 2.05) is 6.92 Å². The number of ether oxygens (including phenoxy) is 1. The second-order valence-electron chi connectivity index (χ2n) is 5.30. The van der Waals surface area contributed by atoms with Crippen LogP contribution in [0.25, 0.3) is 0 Å². The van der Waals surface area contributed by atoms with Crippen molar-refractivity contribution >= 4 is 11.5 Å². The normalized spacial score (nSPS) is 22.1. The minimum absolute atomic E-state index is 0.217. The van der Waals surface area contributed by atoms with Crippen LogP contribution >= 0.6 is 0 Å². The number of aliphatic imine (C=N–C) groups is 1. The van der Waals surface area contributed by atoms with Crippen molar-refractivity contribution in [3.8, 4) is 0 Å². The summed E-state index contributed by atoms with van der Waals surface area (Å²) < 4.78 is 5.54. The van der Waals surface area contributed by atoms with Crippen molar-refractivity contribution in [3.05, 3.63) is 0 Å². The first kappa shape index (κ1) is 16.4. The molecule has 3 heteroatoms. The number of rotatable bonds is 9. The molecule has 1 saturated carbocycles. The Kier molecular flexibility index (Phi) is 8.72. The fourth-order valence-corrected chi connectivity index (χ4v) is 2.52. The van der Waals surface area contributed by atoms with Crippen LogP contribution in [-0.4, -0.2) is 30.8 Å². The first-order valence-electron chi connectivity index (χ1n) is 7.97. The molecular weight excluding hydrogens is 238 g/mol. The molecule has 1 rings (SSSR count). The maximum Gasteiger partial charge on any atom is 0.167 e. The lowest BCUT2D eigenvalue weighted by Crippen LogP contribution is -2.36. The lowest BCUT2D eigenvalue weighted by atomic mass is 9.94. The number of hydrogen-bond acceptors (Lipinski definition) is 3. The lowest BCUT2D eigenvalue weighted by molar-refractivity contribution is -0.127. The number of carbonyl (C=O) groups is 1. The number of ketones is 1. The molecule has 0 aromatic heterocycles. The monoisotopic (exact) mass is 267 g/mol. The highest BCUT2D eigenvalue weighted by Gasteiger charge is 2.28. The molecule has 19 heavy (non-hydrogen) atoms. The first-order valence-corrected chi connectivity index (χ1v) is 7.97. The zero-order valence-electron chi connectivity index (χ0n) is 12.6. The second kappa shape index (κ2) is 10.1. The van der Waals surface area contributed by atoms with Crippen molar-refractivity contribution in [1.82, 2.24) is 0 Å². The summed E-state index contributed by atoms with van der Waals surface area (Å²) in [5, 5.41) is 0. The van der Waals surface area contributed by atoms with Crippen molar-refractivity contribution in [3.63, 3.8) is 0 Å². The SMILES string of the molecule is CCCCCCCCN=C1CCCC(=O)C1OCC. The molecule has 1 aliphatic carbocycles. The van der Waals surface area contributed by atoms with E-state index in [1.165, 1.54) is 32.1 Å². The predicted octanol–water partition coefficient (Wildman–Crippen LogP) is 3.95. The number of nitrogens with zero attached hydrogens (tertiary/aromatic N) is 1. The lowest BCUT2D eigenvalue weighted by Gasteiger charge is -2.22. The molecule has 1 unspecified atom stereocenters. The summed E-state index contributed by atoms with van der Waals surface area (Å²) in [6, 6.07) is 0. The van der Waals surface area contributed by atoms with Crippen molar-refractivity contribution in [2.75, 3.05) is 13.2 Å². The summed E-state index contributed by atoms with van der Waals surface area (Å²) in [6.07, 6.45) is 9.88. The van der Waals surface area contributed by atoms with Gasteiger partial charge in [0, 0.05) is 25.3 Å². The maximum absolute atomic E-state index is 11.8. The summed E-state index contributed by atoms with van der Waals surface area (Å²) >= 11 is 0. The fraction of sp³-hybridized carbons (Fsp3) is 0.875. The van der Waals surface area contributed by atoms with Gasteiger partial charge < -0.3 is 4.74 Å². The predicted molar refractivity (Wildman–Crippen MR) is 80.0 cm³/mol. The van der Waals surface area contributed by atoms with Gasteiger partial charge in [0.25, 0.3) is 0 Å². The van der Waals surface area contributed by atoms with Gasteiger partial charge >= 0.3 is 0 Å². The molecule has 0 aromatic carbocycles. The molecule has 1 fully saturated rings. The van der Waals surface area contributed by atoms with E-state index in [0.29, 0.717) is 13.0 Å². The van der Waals surface area contributed by atoms with E-state index in [1.54, 1.807) is 0 Å². The highest BCUT2D eigenvalue weighted by Crippen LogP contribution is 2.16.